The summed E-state index contributed by atoms with van der Waals surface area (Å²) in [5.74, 6) is -1.92. The molecule has 2 nitrogen and oxygen atoms in total. The molecule has 2 aromatic carbocycles. The summed E-state index contributed by atoms with van der Waals surface area (Å²) in [7, 11) is -3.48. The van der Waals surface area contributed by atoms with E-state index in [0.29, 0.717) is 5.56 Å². The van der Waals surface area contributed by atoms with Crippen LogP contribution in [0.3, 0.4) is 0 Å². The minimum absolute atomic E-state index is 0. The number of alkyl halides is 2. The maximum absolute atomic E-state index is 13.6. The molecule has 0 amide bonds. The van der Waals surface area contributed by atoms with Crippen LogP contribution >= 0.6 is 0 Å². The highest BCUT2D eigenvalue weighted by Crippen LogP contribution is 2.63. The van der Waals surface area contributed by atoms with Crippen molar-refractivity contribution in [2.24, 2.45) is 0 Å². The van der Waals surface area contributed by atoms with Crippen LogP contribution in [-0.2, 0) is 14.5 Å². The van der Waals surface area contributed by atoms with E-state index in [1.807, 2.05) is 56.0 Å². The average Bonchev–Trinajstić information content (AvgIpc) is 3.15. The van der Waals surface area contributed by atoms with Crippen LogP contribution in [0.15, 0.2) is 67.2 Å². The van der Waals surface area contributed by atoms with Crippen LogP contribution in [0, 0.1) is 0 Å². The molecule has 1 unspecified atom stereocenters. The molecule has 6 heteroatoms. The molecular weight excluding hydrogens is 414 g/mol. The Hall–Kier alpha value is -1.77. The van der Waals surface area contributed by atoms with Crippen molar-refractivity contribution in [2.75, 3.05) is 0 Å². The fraction of sp³-hybridized carbons (Fsp3) is 0.417. The zero-order valence-electron chi connectivity index (χ0n) is 18.3. The Morgan fingerprint density at radius 2 is 1.27 bits per heavy atom. The summed E-state index contributed by atoms with van der Waals surface area (Å²) in [5, 5.41) is 0. The van der Waals surface area contributed by atoms with E-state index in [1.165, 1.54) is 0 Å². The van der Waals surface area contributed by atoms with Gasteiger partial charge in [-0.05, 0) is 44.8 Å². The molecule has 0 aromatic heterocycles. The van der Waals surface area contributed by atoms with E-state index in [0.717, 1.165) is 11.3 Å². The molecule has 3 rings (SSSR count). The van der Waals surface area contributed by atoms with Crippen LogP contribution in [0.25, 0.3) is 5.76 Å². The van der Waals surface area contributed by atoms with Crippen LogP contribution < -0.4 is 0 Å². The van der Waals surface area contributed by atoms with Gasteiger partial charge in [0.15, 0.2) is 13.9 Å². The number of rotatable bonds is 6. The van der Waals surface area contributed by atoms with Crippen molar-refractivity contribution in [3.8, 4) is 0 Å². The first kappa shape index (κ1) is 26.3. The van der Waals surface area contributed by atoms with Gasteiger partial charge >= 0.3 is 0 Å². The van der Waals surface area contributed by atoms with E-state index in [4.69, 9.17) is 8.85 Å². The summed E-state index contributed by atoms with van der Waals surface area (Å²) in [6.07, 6.45) is -0.186. The molecule has 1 saturated carbocycles. The monoisotopic (exact) mass is 450 g/mol. The van der Waals surface area contributed by atoms with Crippen molar-refractivity contribution < 1.29 is 17.6 Å². The number of hydrogen-bond donors (Lipinski definition) is 0. The molecule has 30 heavy (non-hydrogen) atoms. The van der Waals surface area contributed by atoms with Gasteiger partial charge in [0.05, 0.1) is 6.42 Å². The molecule has 166 valence electrons. The van der Waals surface area contributed by atoms with Gasteiger partial charge in [-0.3, -0.25) is 0 Å². The summed E-state index contributed by atoms with van der Waals surface area (Å²) in [6, 6.07) is 18.8. The van der Waals surface area contributed by atoms with Crippen molar-refractivity contribution in [1.29, 1.82) is 0 Å². The van der Waals surface area contributed by atoms with Crippen molar-refractivity contribution >= 4 is 22.4 Å². The van der Waals surface area contributed by atoms with Crippen LogP contribution in [0.5, 0.6) is 0 Å². The third kappa shape index (κ3) is 7.18. The summed E-state index contributed by atoms with van der Waals surface area (Å²) in [4.78, 5) is 0. The van der Waals surface area contributed by atoms with Gasteiger partial charge in [0.25, 0.3) is 5.92 Å². The molecule has 0 aliphatic heterocycles. The topological polar surface area (TPSA) is 18.5 Å². The average molecular weight is 451 g/mol. The molecule has 0 bridgehead atoms. The van der Waals surface area contributed by atoms with Crippen LogP contribution in [0.2, 0.25) is 39.3 Å². The predicted molar refractivity (Wildman–Crippen MR) is 129 cm³/mol. The van der Waals surface area contributed by atoms with Gasteiger partial charge in [0.2, 0.25) is 8.32 Å². The minimum atomic E-state index is -2.71. The zero-order valence-corrected chi connectivity index (χ0v) is 20.3. The fourth-order valence-corrected chi connectivity index (χ4v) is 5.28. The Morgan fingerprint density at radius 3 is 1.63 bits per heavy atom. The van der Waals surface area contributed by atoms with Crippen molar-refractivity contribution in [2.45, 2.75) is 64.7 Å². The lowest BCUT2D eigenvalue weighted by atomic mass is 10.1. The SMILES string of the molecule is C.C=C(O[Si](C)(C)C)c1ccccc1.C[Si](C)(C)OC1(c2ccccc2)CC1(F)F. The van der Waals surface area contributed by atoms with Gasteiger partial charge in [-0.15, -0.1) is 0 Å². The van der Waals surface area contributed by atoms with E-state index >= 15 is 0 Å². The van der Waals surface area contributed by atoms with Crippen molar-refractivity contribution in [3.05, 3.63) is 78.4 Å². The minimum Gasteiger partial charge on any atom is -0.544 e. The van der Waals surface area contributed by atoms with Gasteiger partial charge in [-0.2, -0.15) is 0 Å². The Bertz CT molecular complexity index is 813. The number of benzene rings is 2. The molecular formula is C24H36F2O2Si2. The normalized spacial score (nSPS) is 19.6. The molecule has 1 aliphatic rings. The molecule has 1 fully saturated rings. The molecule has 1 aliphatic carbocycles. The first-order valence-electron chi connectivity index (χ1n) is 9.83. The maximum atomic E-state index is 13.6. The second-order valence-corrected chi connectivity index (χ2v) is 18.2. The second-order valence-electron chi connectivity index (χ2n) is 9.29. The Balaban J connectivity index is 0.000000297. The van der Waals surface area contributed by atoms with Gasteiger partial charge < -0.3 is 8.85 Å². The largest absolute Gasteiger partial charge is 0.544 e. The van der Waals surface area contributed by atoms with Crippen LogP contribution in [0.1, 0.15) is 25.0 Å². The van der Waals surface area contributed by atoms with Gasteiger partial charge in [0, 0.05) is 5.56 Å². The standard InChI is InChI=1S/C12H16F2OSi.C11H16OSi.CH4/c1-16(2,3)15-11(9-12(11,13)14)10-7-5-4-6-8-10;1-10(12-13(2,3)4)11-8-6-5-7-9-11;/h4-8H,9H2,1-3H3;5-9H,1H2,2-4H3;1H4. The third-order valence-electron chi connectivity index (χ3n) is 4.18. The third-order valence-corrected chi connectivity index (χ3v) is 6.00. The predicted octanol–water partition coefficient (Wildman–Crippen LogP) is 7.92. The highest BCUT2D eigenvalue weighted by Gasteiger charge is 2.74. The molecule has 0 heterocycles. The summed E-state index contributed by atoms with van der Waals surface area (Å²) < 4.78 is 38.6. The van der Waals surface area contributed by atoms with Gasteiger partial charge in [0.1, 0.15) is 5.76 Å². The highest BCUT2D eigenvalue weighted by molar-refractivity contribution is 6.70. The van der Waals surface area contributed by atoms with Crippen molar-refractivity contribution in [3.63, 3.8) is 0 Å². The zero-order chi connectivity index (χ0) is 21.9. The summed E-state index contributed by atoms with van der Waals surface area (Å²) in [6.45, 7) is 16.2. The molecule has 0 radical (unpaired) electrons. The Labute approximate surface area is 183 Å². The highest BCUT2D eigenvalue weighted by atomic mass is 28.4. The van der Waals surface area contributed by atoms with E-state index < -0.39 is 28.2 Å². The van der Waals surface area contributed by atoms with Crippen LogP contribution in [0.4, 0.5) is 8.78 Å². The summed E-state index contributed by atoms with van der Waals surface area (Å²) in [5.41, 5.74) is 0.325. The van der Waals surface area contributed by atoms with E-state index in [9.17, 15) is 8.78 Å². The first-order chi connectivity index (χ1) is 13.3. The molecule has 0 N–H and O–H groups in total. The van der Waals surface area contributed by atoms with Crippen molar-refractivity contribution in [1.82, 2.24) is 0 Å². The first-order valence-corrected chi connectivity index (χ1v) is 16.6. The van der Waals surface area contributed by atoms with E-state index in [1.54, 1.807) is 24.3 Å². The fourth-order valence-electron chi connectivity index (χ4n) is 3.03. The molecule has 2 aromatic rings. The summed E-state index contributed by atoms with van der Waals surface area (Å²) >= 11 is 0. The maximum Gasteiger partial charge on any atom is 0.283 e. The molecule has 0 spiro atoms. The smallest absolute Gasteiger partial charge is 0.283 e. The lowest BCUT2D eigenvalue weighted by Gasteiger charge is -2.27. The lowest BCUT2D eigenvalue weighted by Crippen LogP contribution is -2.35. The molecule has 0 saturated heterocycles. The quantitative estimate of drug-likeness (QED) is 0.329. The molecule has 1 atom stereocenters. The van der Waals surface area contributed by atoms with Gasteiger partial charge in [-0.1, -0.05) is 74.7 Å². The van der Waals surface area contributed by atoms with Crippen LogP contribution in [-0.4, -0.2) is 22.6 Å². The van der Waals surface area contributed by atoms with E-state index in [-0.39, 0.29) is 13.8 Å². The Morgan fingerprint density at radius 1 is 0.833 bits per heavy atom. The number of hydrogen-bond acceptors (Lipinski definition) is 2. The second kappa shape index (κ2) is 9.58. The Kier molecular flexibility index (Phi) is 8.39. The van der Waals surface area contributed by atoms with E-state index in [2.05, 4.69) is 26.2 Å². The number of halogens is 2. The lowest BCUT2D eigenvalue weighted by molar-refractivity contribution is 0.00369. The van der Waals surface area contributed by atoms with Gasteiger partial charge in [-0.25, -0.2) is 8.78 Å².